The van der Waals surface area contributed by atoms with E-state index in [1.807, 2.05) is 13.0 Å². The van der Waals surface area contributed by atoms with E-state index in [1.54, 1.807) is 19.2 Å². The van der Waals surface area contributed by atoms with Crippen molar-refractivity contribution in [3.63, 3.8) is 0 Å². The van der Waals surface area contributed by atoms with E-state index in [4.69, 9.17) is 9.26 Å². The number of phenols is 1. The van der Waals surface area contributed by atoms with Crippen LogP contribution in [0.25, 0.3) is 11.5 Å². The molecule has 1 aromatic carbocycles. The summed E-state index contributed by atoms with van der Waals surface area (Å²) in [6.45, 7) is 3.89. The summed E-state index contributed by atoms with van der Waals surface area (Å²) in [6.07, 6.45) is 1.67. The van der Waals surface area contributed by atoms with E-state index < -0.39 is 0 Å². The van der Waals surface area contributed by atoms with Crippen molar-refractivity contribution in [2.24, 2.45) is 0 Å². The predicted molar refractivity (Wildman–Crippen MR) is 70.8 cm³/mol. The first-order valence-corrected chi connectivity index (χ1v) is 6.32. The Hall–Kier alpha value is -1.88. The molecule has 19 heavy (non-hydrogen) atoms. The number of nitrogens with zero attached hydrogens (tertiary/aromatic N) is 2. The van der Waals surface area contributed by atoms with Crippen LogP contribution in [0.15, 0.2) is 22.7 Å². The number of aromatic hydroxyl groups is 1. The van der Waals surface area contributed by atoms with Crippen molar-refractivity contribution < 1.29 is 14.4 Å². The molecule has 0 radical (unpaired) electrons. The fourth-order valence-electron chi connectivity index (χ4n) is 1.94. The van der Waals surface area contributed by atoms with E-state index in [0.717, 1.165) is 24.0 Å². The van der Waals surface area contributed by atoms with Crippen molar-refractivity contribution in [3.05, 3.63) is 29.6 Å². The Morgan fingerprint density at radius 1 is 1.42 bits per heavy atom. The van der Waals surface area contributed by atoms with E-state index in [9.17, 15) is 5.11 Å². The van der Waals surface area contributed by atoms with Gasteiger partial charge in [-0.15, -0.1) is 0 Å². The van der Waals surface area contributed by atoms with Crippen LogP contribution in [0.2, 0.25) is 0 Å². The van der Waals surface area contributed by atoms with E-state index in [-0.39, 0.29) is 11.9 Å². The minimum Gasteiger partial charge on any atom is -0.508 e. The molecule has 1 heterocycles. The first-order chi connectivity index (χ1) is 9.17. The monoisotopic (exact) mass is 262 g/mol. The Labute approximate surface area is 112 Å². The van der Waals surface area contributed by atoms with Crippen molar-refractivity contribution in [1.29, 1.82) is 0 Å². The Morgan fingerprint density at radius 2 is 2.21 bits per heavy atom. The number of phenolic OH excluding ortho intramolecular Hbond substituents is 1. The molecule has 0 spiro atoms. The molecule has 102 valence electrons. The fourth-order valence-corrected chi connectivity index (χ4v) is 1.94. The molecule has 0 saturated heterocycles. The van der Waals surface area contributed by atoms with Crippen LogP contribution in [0.1, 0.15) is 37.3 Å². The van der Waals surface area contributed by atoms with Crippen molar-refractivity contribution in [2.75, 3.05) is 7.11 Å². The van der Waals surface area contributed by atoms with Gasteiger partial charge in [-0.05, 0) is 25.5 Å². The summed E-state index contributed by atoms with van der Waals surface area (Å²) in [5.74, 6) is 1.16. The van der Waals surface area contributed by atoms with Gasteiger partial charge in [-0.2, -0.15) is 4.98 Å². The van der Waals surface area contributed by atoms with Crippen LogP contribution in [0, 0.1) is 6.92 Å². The lowest BCUT2D eigenvalue weighted by Gasteiger charge is -2.08. The molecule has 0 aliphatic heterocycles. The highest BCUT2D eigenvalue weighted by atomic mass is 16.5. The van der Waals surface area contributed by atoms with Crippen molar-refractivity contribution in [2.45, 2.75) is 32.8 Å². The van der Waals surface area contributed by atoms with Gasteiger partial charge < -0.3 is 14.4 Å². The highest BCUT2D eigenvalue weighted by molar-refractivity contribution is 5.61. The Kier molecular flexibility index (Phi) is 4.16. The molecule has 1 aromatic heterocycles. The van der Waals surface area contributed by atoms with Crippen LogP contribution in [-0.2, 0) is 4.74 Å². The second-order valence-electron chi connectivity index (χ2n) is 4.42. The van der Waals surface area contributed by atoms with Gasteiger partial charge >= 0.3 is 0 Å². The van der Waals surface area contributed by atoms with Gasteiger partial charge in [0.05, 0.1) is 0 Å². The zero-order valence-corrected chi connectivity index (χ0v) is 11.4. The van der Waals surface area contributed by atoms with Crippen LogP contribution in [-0.4, -0.2) is 22.4 Å². The number of methoxy groups -OCH3 is 1. The number of benzene rings is 1. The zero-order valence-electron chi connectivity index (χ0n) is 11.4. The first kappa shape index (κ1) is 13.5. The van der Waals surface area contributed by atoms with Crippen LogP contribution in [0.3, 0.4) is 0 Å². The number of rotatable bonds is 5. The maximum atomic E-state index is 9.69. The molecule has 0 bridgehead atoms. The SMILES string of the molecule is CCCC(OC)c1noc(-c2cccc(O)c2C)n1. The number of aromatic nitrogens is 2. The van der Waals surface area contributed by atoms with Gasteiger partial charge in [0.25, 0.3) is 5.89 Å². The molecule has 0 fully saturated rings. The Bertz CT molecular complexity index is 551. The summed E-state index contributed by atoms with van der Waals surface area (Å²) in [7, 11) is 1.63. The summed E-state index contributed by atoms with van der Waals surface area (Å²) < 4.78 is 10.6. The van der Waals surface area contributed by atoms with Gasteiger partial charge in [0.1, 0.15) is 11.9 Å². The smallest absolute Gasteiger partial charge is 0.258 e. The minimum atomic E-state index is -0.153. The Balaban J connectivity index is 2.32. The lowest BCUT2D eigenvalue weighted by molar-refractivity contribution is 0.0854. The van der Waals surface area contributed by atoms with Crippen LogP contribution in [0.5, 0.6) is 5.75 Å². The number of hydrogen-bond donors (Lipinski definition) is 1. The molecule has 1 unspecified atom stereocenters. The topological polar surface area (TPSA) is 68.4 Å². The highest BCUT2D eigenvalue weighted by Gasteiger charge is 2.19. The average molecular weight is 262 g/mol. The normalized spacial score (nSPS) is 12.6. The maximum absolute atomic E-state index is 9.69. The largest absolute Gasteiger partial charge is 0.508 e. The minimum absolute atomic E-state index is 0.153. The first-order valence-electron chi connectivity index (χ1n) is 6.32. The molecule has 0 amide bonds. The maximum Gasteiger partial charge on any atom is 0.258 e. The molecule has 2 aromatic rings. The lowest BCUT2D eigenvalue weighted by atomic mass is 10.1. The lowest BCUT2D eigenvalue weighted by Crippen LogP contribution is -2.03. The molecule has 0 aliphatic carbocycles. The molecule has 1 atom stereocenters. The summed E-state index contributed by atoms with van der Waals surface area (Å²) in [5, 5.41) is 13.7. The quantitative estimate of drug-likeness (QED) is 0.895. The molecule has 0 saturated carbocycles. The van der Waals surface area contributed by atoms with Gasteiger partial charge in [0.15, 0.2) is 0 Å². The standard InChI is InChI=1S/C14H18N2O3/c1-4-6-12(18-3)13-15-14(19-16-13)10-7-5-8-11(17)9(10)2/h5,7-8,12,17H,4,6H2,1-3H3. The molecular formula is C14H18N2O3. The third-order valence-electron chi connectivity index (χ3n) is 3.10. The predicted octanol–water partition coefficient (Wildman–Crippen LogP) is 3.24. The van der Waals surface area contributed by atoms with E-state index in [1.165, 1.54) is 0 Å². The van der Waals surface area contributed by atoms with Gasteiger partial charge in [-0.1, -0.05) is 24.6 Å². The molecule has 0 aliphatic rings. The average Bonchev–Trinajstić information content (AvgIpc) is 2.88. The summed E-state index contributed by atoms with van der Waals surface area (Å²) in [5.41, 5.74) is 1.47. The van der Waals surface area contributed by atoms with E-state index >= 15 is 0 Å². The third-order valence-corrected chi connectivity index (χ3v) is 3.10. The highest BCUT2D eigenvalue weighted by Crippen LogP contribution is 2.29. The second kappa shape index (κ2) is 5.84. The van der Waals surface area contributed by atoms with Crippen LogP contribution in [0.4, 0.5) is 0 Å². The van der Waals surface area contributed by atoms with Gasteiger partial charge in [-0.25, -0.2) is 0 Å². The van der Waals surface area contributed by atoms with E-state index in [0.29, 0.717) is 11.7 Å². The summed E-state index contributed by atoms with van der Waals surface area (Å²) in [6, 6.07) is 5.22. The van der Waals surface area contributed by atoms with Crippen LogP contribution < -0.4 is 0 Å². The van der Waals surface area contributed by atoms with E-state index in [2.05, 4.69) is 17.1 Å². The number of ether oxygens (including phenoxy) is 1. The van der Waals surface area contributed by atoms with Crippen molar-refractivity contribution >= 4 is 0 Å². The van der Waals surface area contributed by atoms with Gasteiger partial charge in [-0.3, -0.25) is 0 Å². The van der Waals surface area contributed by atoms with Gasteiger partial charge in [0, 0.05) is 18.2 Å². The zero-order chi connectivity index (χ0) is 13.8. The van der Waals surface area contributed by atoms with Crippen LogP contribution >= 0.6 is 0 Å². The summed E-state index contributed by atoms with van der Waals surface area (Å²) >= 11 is 0. The fraction of sp³-hybridized carbons (Fsp3) is 0.429. The molecule has 5 heteroatoms. The Morgan fingerprint density at radius 3 is 2.89 bits per heavy atom. The van der Waals surface area contributed by atoms with Crippen molar-refractivity contribution in [1.82, 2.24) is 10.1 Å². The number of hydrogen-bond acceptors (Lipinski definition) is 5. The second-order valence-corrected chi connectivity index (χ2v) is 4.42. The molecule has 2 rings (SSSR count). The molecule has 1 N–H and O–H groups in total. The van der Waals surface area contributed by atoms with Gasteiger partial charge in [0.2, 0.25) is 5.82 Å². The molecule has 5 nitrogen and oxygen atoms in total. The van der Waals surface area contributed by atoms with Crippen molar-refractivity contribution in [3.8, 4) is 17.2 Å². The summed E-state index contributed by atoms with van der Waals surface area (Å²) in [4.78, 5) is 4.36. The third kappa shape index (κ3) is 2.76. The molecular weight excluding hydrogens is 244 g/mol.